The van der Waals surface area contributed by atoms with Crippen LogP contribution in [0, 0.1) is 0 Å². The number of nitrogens with zero attached hydrogens (tertiary/aromatic N) is 3. The first-order chi connectivity index (χ1) is 7.85. The molecule has 0 unspecified atom stereocenters. The molecule has 0 radical (unpaired) electrons. The van der Waals surface area contributed by atoms with Crippen molar-refractivity contribution in [3.05, 3.63) is 5.69 Å². The molecule has 0 aliphatic heterocycles. The van der Waals surface area contributed by atoms with E-state index in [4.69, 9.17) is 5.11 Å². The molecule has 2 N–H and O–H groups in total. The van der Waals surface area contributed by atoms with Crippen LogP contribution in [-0.2, 0) is 6.54 Å². The fourth-order valence-electron chi connectivity index (χ4n) is 1.76. The van der Waals surface area contributed by atoms with Crippen molar-refractivity contribution >= 4 is 16.5 Å². The van der Waals surface area contributed by atoms with Crippen molar-refractivity contribution in [3.63, 3.8) is 0 Å². The minimum absolute atomic E-state index is 0.213. The average molecular weight is 242 g/mol. The summed E-state index contributed by atoms with van der Waals surface area (Å²) in [6.45, 7) is 4.69. The lowest BCUT2D eigenvalue weighted by Crippen LogP contribution is -2.29. The van der Waals surface area contributed by atoms with Crippen LogP contribution in [0.5, 0.6) is 0 Å². The van der Waals surface area contributed by atoms with E-state index >= 15 is 0 Å². The molecule has 90 valence electrons. The molecule has 1 fully saturated rings. The van der Waals surface area contributed by atoms with Crippen LogP contribution in [0.15, 0.2) is 0 Å². The lowest BCUT2D eigenvalue weighted by Gasteiger charge is -2.19. The first-order valence-electron chi connectivity index (χ1n) is 5.75. The van der Waals surface area contributed by atoms with Gasteiger partial charge in [0.05, 0.1) is 6.61 Å². The summed E-state index contributed by atoms with van der Waals surface area (Å²) >= 11 is 1.40. The zero-order chi connectivity index (χ0) is 11.4. The van der Waals surface area contributed by atoms with Crippen LogP contribution in [0.4, 0.5) is 5.00 Å². The summed E-state index contributed by atoms with van der Waals surface area (Å²) in [4.78, 5) is 2.29. The van der Waals surface area contributed by atoms with Crippen LogP contribution < -0.4 is 5.32 Å². The molecule has 16 heavy (non-hydrogen) atoms. The normalized spacial score (nSPS) is 15.7. The maximum Gasteiger partial charge on any atom is 0.134 e. The van der Waals surface area contributed by atoms with Crippen molar-refractivity contribution in [2.75, 3.05) is 25.0 Å². The molecule has 0 bridgehead atoms. The zero-order valence-corrected chi connectivity index (χ0v) is 10.3. The van der Waals surface area contributed by atoms with E-state index in [9.17, 15) is 0 Å². The molecule has 1 aliphatic carbocycles. The number of hydrogen-bond donors (Lipinski definition) is 2. The van der Waals surface area contributed by atoms with Crippen LogP contribution in [0.1, 0.15) is 25.5 Å². The first-order valence-corrected chi connectivity index (χ1v) is 6.52. The van der Waals surface area contributed by atoms with Gasteiger partial charge in [-0.05, 0) is 19.8 Å². The van der Waals surface area contributed by atoms with Crippen molar-refractivity contribution in [3.8, 4) is 0 Å². The number of anilines is 1. The summed E-state index contributed by atoms with van der Waals surface area (Å²) < 4.78 is 3.97. The molecule has 1 aliphatic rings. The second kappa shape index (κ2) is 5.56. The minimum atomic E-state index is 0.213. The quantitative estimate of drug-likeness (QED) is 0.744. The fraction of sp³-hybridized carbons (Fsp3) is 0.800. The average Bonchev–Trinajstić information content (AvgIpc) is 3.03. The van der Waals surface area contributed by atoms with Crippen molar-refractivity contribution in [1.82, 2.24) is 14.5 Å². The molecule has 6 heteroatoms. The molecule has 5 nitrogen and oxygen atoms in total. The van der Waals surface area contributed by atoms with Gasteiger partial charge in [0.25, 0.3) is 0 Å². The molecule has 1 aromatic heterocycles. The molecular formula is C10H18N4OS. The second-order valence-electron chi connectivity index (χ2n) is 4.00. The highest BCUT2D eigenvalue weighted by Crippen LogP contribution is 2.29. The van der Waals surface area contributed by atoms with E-state index in [0.717, 1.165) is 30.3 Å². The smallest absolute Gasteiger partial charge is 0.134 e. The number of aromatic nitrogens is 2. The van der Waals surface area contributed by atoms with Gasteiger partial charge in [0, 0.05) is 37.2 Å². The molecule has 0 amide bonds. The molecule has 1 aromatic rings. The number of rotatable bonds is 7. The standard InChI is InChI=1S/C10H18N4OS/c1-2-11-10-9(12-13-16-10)7-14(5-6-15)8-3-4-8/h8,11,15H,2-7H2,1H3. The highest BCUT2D eigenvalue weighted by molar-refractivity contribution is 7.10. The highest BCUT2D eigenvalue weighted by atomic mass is 32.1. The Labute approximate surface area is 99.6 Å². The van der Waals surface area contributed by atoms with Gasteiger partial charge in [0.1, 0.15) is 10.7 Å². The Bertz CT molecular complexity index is 326. The largest absolute Gasteiger partial charge is 0.395 e. The molecule has 0 aromatic carbocycles. The Morgan fingerprint density at radius 3 is 3.00 bits per heavy atom. The van der Waals surface area contributed by atoms with E-state index < -0.39 is 0 Å². The van der Waals surface area contributed by atoms with E-state index in [0.29, 0.717) is 6.04 Å². The van der Waals surface area contributed by atoms with Crippen LogP contribution in [0.3, 0.4) is 0 Å². The van der Waals surface area contributed by atoms with Gasteiger partial charge in [-0.15, -0.1) is 5.10 Å². The van der Waals surface area contributed by atoms with Crippen molar-refractivity contribution < 1.29 is 5.11 Å². The molecule has 1 saturated carbocycles. The maximum absolute atomic E-state index is 9.02. The van der Waals surface area contributed by atoms with Crippen molar-refractivity contribution in [2.45, 2.75) is 32.4 Å². The van der Waals surface area contributed by atoms with Gasteiger partial charge in [0.2, 0.25) is 0 Å². The Morgan fingerprint density at radius 1 is 1.56 bits per heavy atom. The minimum Gasteiger partial charge on any atom is -0.395 e. The number of aliphatic hydroxyl groups excluding tert-OH is 1. The SMILES string of the molecule is CCNc1snnc1CN(CCO)C1CC1. The Balaban J connectivity index is 1.97. The number of nitrogens with one attached hydrogen (secondary N) is 1. The molecular weight excluding hydrogens is 224 g/mol. The topological polar surface area (TPSA) is 61.3 Å². The number of aliphatic hydroxyl groups is 1. The molecule has 0 spiro atoms. The Kier molecular flexibility index (Phi) is 4.09. The van der Waals surface area contributed by atoms with E-state index in [-0.39, 0.29) is 6.61 Å². The fourth-order valence-corrected chi connectivity index (χ4v) is 2.40. The van der Waals surface area contributed by atoms with Gasteiger partial charge in [-0.3, -0.25) is 4.90 Å². The second-order valence-corrected chi connectivity index (χ2v) is 4.76. The summed E-state index contributed by atoms with van der Waals surface area (Å²) in [5.74, 6) is 0. The first kappa shape index (κ1) is 11.8. The highest BCUT2D eigenvalue weighted by Gasteiger charge is 2.29. The molecule has 0 saturated heterocycles. The monoisotopic (exact) mass is 242 g/mol. The van der Waals surface area contributed by atoms with Crippen LogP contribution >= 0.6 is 11.5 Å². The summed E-state index contributed by atoms with van der Waals surface area (Å²) in [7, 11) is 0. The van der Waals surface area contributed by atoms with Crippen LogP contribution in [-0.4, -0.2) is 45.3 Å². The van der Waals surface area contributed by atoms with E-state index in [1.54, 1.807) is 0 Å². The zero-order valence-electron chi connectivity index (χ0n) is 9.52. The third-order valence-corrected chi connectivity index (χ3v) is 3.42. The van der Waals surface area contributed by atoms with E-state index in [2.05, 4.69) is 26.7 Å². The molecule has 0 atom stereocenters. The van der Waals surface area contributed by atoms with Gasteiger partial charge in [-0.2, -0.15) is 0 Å². The summed E-state index contributed by atoms with van der Waals surface area (Å²) in [5, 5.41) is 17.5. The maximum atomic E-state index is 9.02. The van der Waals surface area contributed by atoms with E-state index in [1.165, 1.54) is 24.4 Å². The number of hydrogen-bond acceptors (Lipinski definition) is 6. The van der Waals surface area contributed by atoms with E-state index in [1.807, 2.05) is 0 Å². The van der Waals surface area contributed by atoms with Gasteiger partial charge < -0.3 is 10.4 Å². The summed E-state index contributed by atoms with van der Waals surface area (Å²) in [6.07, 6.45) is 2.49. The van der Waals surface area contributed by atoms with Gasteiger partial charge in [-0.1, -0.05) is 4.49 Å². The summed E-state index contributed by atoms with van der Waals surface area (Å²) in [6, 6.07) is 0.642. The van der Waals surface area contributed by atoms with Gasteiger partial charge in [-0.25, -0.2) is 0 Å². The Morgan fingerprint density at radius 2 is 2.38 bits per heavy atom. The van der Waals surface area contributed by atoms with Gasteiger partial charge in [0.15, 0.2) is 0 Å². The molecule has 2 rings (SSSR count). The van der Waals surface area contributed by atoms with Crippen LogP contribution in [0.2, 0.25) is 0 Å². The third-order valence-electron chi connectivity index (χ3n) is 2.70. The van der Waals surface area contributed by atoms with Crippen molar-refractivity contribution in [2.24, 2.45) is 0 Å². The third kappa shape index (κ3) is 2.90. The predicted octanol–water partition coefficient (Wildman–Crippen LogP) is 0.927. The summed E-state index contributed by atoms with van der Waals surface area (Å²) in [5.41, 5.74) is 1.01. The van der Waals surface area contributed by atoms with Crippen molar-refractivity contribution in [1.29, 1.82) is 0 Å². The Hall–Kier alpha value is -0.720. The van der Waals surface area contributed by atoms with Gasteiger partial charge >= 0.3 is 0 Å². The lowest BCUT2D eigenvalue weighted by molar-refractivity contribution is 0.182. The predicted molar refractivity (Wildman–Crippen MR) is 64.6 cm³/mol. The molecule has 1 heterocycles. The lowest BCUT2D eigenvalue weighted by atomic mass is 10.3. The van der Waals surface area contributed by atoms with Crippen LogP contribution in [0.25, 0.3) is 0 Å².